The minimum atomic E-state index is -0.0785. The van der Waals surface area contributed by atoms with Gasteiger partial charge in [0.2, 0.25) is 5.96 Å². The maximum Gasteiger partial charge on any atom is 0.283 e. The molecule has 1 aliphatic rings. The van der Waals surface area contributed by atoms with Crippen molar-refractivity contribution in [3.63, 3.8) is 0 Å². The molecule has 0 aliphatic carbocycles. The summed E-state index contributed by atoms with van der Waals surface area (Å²) >= 11 is 0. The topological polar surface area (TPSA) is 35.9 Å². The zero-order valence-electron chi connectivity index (χ0n) is 18.1. The highest BCUT2D eigenvalue weighted by Crippen LogP contribution is 2.27. The minimum absolute atomic E-state index is 0.0785. The fourth-order valence-corrected chi connectivity index (χ4v) is 3.47. The van der Waals surface area contributed by atoms with Crippen LogP contribution in [0.3, 0.4) is 0 Å². The second-order valence-corrected chi connectivity index (χ2v) is 8.52. The molecule has 0 fully saturated rings. The average molecular weight is 390 g/mol. The predicted molar refractivity (Wildman–Crippen MR) is 122 cm³/mol. The second-order valence-electron chi connectivity index (χ2n) is 8.52. The summed E-state index contributed by atoms with van der Waals surface area (Å²) in [5.74, 6) is 1.58. The molecule has 0 radical (unpaired) electrons. The summed E-state index contributed by atoms with van der Waals surface area (Å²) in [4.78, 5) is 22.2. The van der Waals surface area contributed by atoms with Crippen molar-refractivity contribution in [2.45, 2.75) is 34.6 Å². The van der Waals surface area contributed by atoms with Gasteiger partial charge in [-0.15, -0.1) is 0 Å². The number of hydrogen-bond acceptors (Lipinski definition) is 3. The van der Waals surface area contributed by atoms with Crippen LogP contribution in [0.25, 0.3) is 6.08 Å². The molecule has 3 rings (SSSR count). The van der Waals surface area contributed by atoms with Crippen LogP contribution >= 0.6 is 0 Å². The smallest absolute Gasteiger partial charge is 0.283 e. The quantitative estimate of drug-likeness (QED) is 0.624. The van der Waals surface area contributed by atoms with Gasteiger partial charge in [0.1, 0.15) is 5.70 Å². The third kappa shape index (κ3) is 5.14. The lowest BCUT2D eigenvalue weighted by atomic mass is 10.1. The lowest BCUT2D eigenvalue weighted by Gasteiger charge is -2.32. The van der Waals surface area contributed by atoms with E-state index in [1.165, 1.54) is 5.56 Å². The number of aliphatic imine (C=N–C) groups is 1. The largest absolute Gasteiger partial charge is 0.341 e. The number of benzene rings is 2. The van der Waals surface area contributed by atoms with Gasteiger partial charge < -0.3 is 4.90 Å². The van der Waals surface area contributed by atoms with E-state index in [1.807, 2.05) is 60.7 Å². The fourth-order valence-electron chi connectivity index (χ4n) is 3.47. The van der Waals surface area contributed by atoms with E-state index in [-0.39, 0.29) is 5.91 Å². The molecule has 2 aromatic rings. The number of carbonyl (C=O) groups is 1. The molecular formula is C25H31N3O. The summed E-state index contributed by atoms with van der Waals surface area (Å²) in [6.07, 6.45) is 1.87. The average Bonchev–Trinajstić information content (AvgIpc) is 2.98. The molecule has 152 valence electrons. The number of amides is 1. The van der Waals surface area contributed by atoms with E-state index in [4.69, 9.17) is 4.99 Å². The van der Waals surface area contributed by atoms with Crippen molar-refractivity contribution < 1.29 is 4.79 Å². The van der Waals surface area contributed by atoms with E-state index >= 15 is 0 Å². The van der Waals surface area contributed by atoms with Gasteiger partial charge in [0.05, 0.1) is 5.69 Å². The highest BCUT2D eigenvalue weighted by Gasteiger charge is 2.35. The molecule has 0 unspecified atom stereocenters. The van der Waals surface area contributed by atoms with Crippen LogP contribution in [0, 0.1) is 18.8 Å². The van der Waals surface area contributed by atoms with E-state index in [0.717, 1.165) is 30.3 Å². The van der Waals surface area contributed by atoms with Gasteiger partial charge in [-0.25, -0.2) is 9.89 Å². The normalized spacial score (nSPS) is 15.6. The fraction of sp³-hybridized carbons (Fsp3) is 0.360. The van der Waals surface area contributed by atoms with Crippen LogP contribution < -0.4 is 4.90 Å². The summed E-state index contributed by atoms with van der Waals surface area (Å²) in [5.41, 5.74) is 3.47. The van der Waals surface area contributed by atoms with Crippen molar-refractivity contribution >= 4 is 23.6 Å². The van der Waals surface area contributed by atoms with E-state index in [2.05, 4.69) is 39.5 Å². The summed E-state index contributed by atoms with van der Waals surface area (Å²) in [5, 5.41) is 0. The van der Waals surface area contributed by atoms with Gasteiger partial charge in [-0.05, 0) is 42.5 Å². The molecule has 29 heavy (non-hydrogen) atoms. The Morgan fingerprint density at radius 3 is 2.07 bits per heavy atom. The van der Waals surface area contributed by atoms with Crippen molar-refractivity contribution in [3.05, 3.63) is 71.4 Å². The van der Waals surface area contributed by atoms with Gasteiger partial charge >= 0.3 is 0 Å². The summed E-state index contributed by atoms with van der Waals surface area (Å²) in [7, 11) is 0. The Morgan fingerprint density at radius 1 is 0.931 bits per heavy atom. The maximum atomic E-state index is 13.4. The number of guanidine groups is 1. The zero-order valence-corrected chi connectivity index (χ0v) is 18.1. The van der Waals surface area contributed by atoms with Gasteiger partial charge in [-0.3, -0.25) is 4.79 Å². The van der Waals surface area contributed by atoms with Crippen LogP contribution in [0.4, 0.5) is 5.69 Å². The van der Waals surface area contributed by atoms with Crippen molar-refractivity contribution in [3.8, 4) is 0 Å². The molecule has 0 spiro atoms. The number of aryl methyl sites for hydroxylation is 1. The highest BCUT2D eigenvalue weighted by molar-refractivity contribution is 6.28. The van der Waals surface area contributed by atoms with Crippen LogP contribution in [-0.2, 0) is 4.79 Å². The van der Waals surface area contributed by atoms with Gasteiger partial charge in [0.25, 0.3) is 5.91 Å². The molecule has 0 atom stereocenters. The monoisotopic (exact) mass is 389 g/mol. The molecule has 0 aromatic heterocycles. The summed E-state index contributed by atoms with van der Waals surface area (Å²) in [6, 6.07) is 18.0. The first-order valence-corrected chi connectivity index (χ1v) is 10.4. The Balaban J connectivity index is 2.06. The van der Waals surface area contributed by atoms with Crippen LogP contribution in [0.15, 0.2) is 65.3 Å². The van der Waals surface area contributed by atoms with E-state index in [1.54, 1.807) is 4.90 Å². The molecule has 1 aliphatic heterocycles. The molecular weight excluding hydrogens is 358 g/mol. The number of rotatable bonds is 6. The molecule has 4 heteroatoms. The van der Waals surface area contributed by atoms with Gasteiger partial charge in [-0.1, -0.05) is 75.7 Å². The van der Waals surface area contributed by atoms with Crippen molar-refractivity contribution in [1.29, 1.82) is 0 Å². The molecule has 0 saturated carbocycles. The van der Waals surface area contributed by atoms with E-state index < -0.39 is 0 Å². The third-order valence-electron chi connectivity index (χ3n) is 4.69. The Morgan fingerprint density at radius 2 is 1.52 bits per heavy atom. The van der Waals surface area contributed by atoms with Crippen molar-refractivity contribution in [2.24, 2.45) is 16.8 Å². The van der Waals surface area contributed by atoms with Crippen LogP contribution in [0.5, 0.6) is 0 Å². The molecule has 4 nitrogen and oxygen atoms in total. The Kier molecular flexibility index (Phi) is 6.53. The number of anilines is 1. The number of nitrogens with zero attached hydrogens (tertiary/aromatic N) is 3. The standard InChI is InChI=1S/C25H31N3O/c1-18(2)16-27(17-19(3)4)25-26-23(15-21-9-7-6-8-10-21)24(29)28(25)22-13-11-20(5)12-14-22/h6-15,18-19H,16-17H2,1-5H3/b23-15+. The molecule has 0 N–H and O–H groups in total. The highest BCUT2D eigenvalue weighted by atomic mass is 16.2. The minimum Gasteiger partial charge on any atom is -0.341 e. The van der Waals surface area contributed by atoms with E-state index in [9.17, 15) is 4.79 Å². The maximum absolute atomic E-state index is 13.4. The first-order chi connectivity index (χ1) is 13.8. The molecule has 2 aromatic carbocycles. The van der Waals surface area contributed by atoms with Crippen LogP contribution in [0.2, 0.25) is 0 Å². The molecule has 1 heterocycles. The third-order valence-corrected chi connectivity index (χ3v) is 4.69. The Labute approximate surface area is 174 Å². The van der Waals surface area contributed by atoms with Crippen molar-refractivity contribution in [2.75, 3.05) is 18.0 Å². The number of hydrogen-bond donors (Lipinski definition) is 0. The lowest BCUT2D eigenvalue weighted by molar-refractivity contribution is -0.113. The van der Waals surface area contributed by atoms with Gasteiger partial charge in [-0.2, -0.15) is 0 Å². The first kappa shape index (κ1) is 20.8. The molecule has 1 amide bonds. The Bertz CT molecular complexity index is 885. The summed E-state index contributed by atoms with van der Waals surface area (Å²) in [6.45, 7) is 12.5. The molecule has 0 bridgehead atoms. The predicted octanol–water partition coefficient (Wildman–Crippen LogP) is 5.35. The number of carbonyl (C=O) groups excluding carboxylic acids is 1. The zero-order chi connectivity index (χ0) is 21.0. The van der Waals surface area contributed by atoms with Gasteiger partial charge in [0, 0.05) is 13.1 Å². The second kappa shape index (κ2) is 9.08. The van der Waals surface area contributed by atoms with Gasteiger partial charge in [0.15, 0.2) is 0 Å². The first-order valence-electron chi connectivity index (χ1n) is 10.4. The summed E-state index contributed by atoms with van der Waals surface area (Å²) < 4.78 is 0. The molecule has 0 saturated heterocycles. The van der Waals surface area contributed by atoms with Crippen LogP contribution in [-0.4, -0.2) is 29.9 Å². The SMILES string of the molecule is Cc1ccc(N2C(=O)/C(=C\c3ccccc3)N=C2N(CC(C)C)CC(C)C)cc1. The lowest BCUT2D eigenvalue weighted by Crippen LogP contribution is -2.47. The van der Waals surface area contributed by atoms with Crippen LogP contribution in [0.1, 0.15) is 38.8 Å². The Hall–Kier alpha value is -2.88. The van der Waals surface area contributed by atoms with E-state index in [0.29, 0.717) is 17.5 Å². The van der Waals surface area contributed by atoms with Crippen molar-refractivity contribution in [1.82, 2.24) is 4.90 Å².